The normalized spacial score (nSPS) is 11.5. The Labute approximate surface area is 165 Å². The molecule has 0 fully saturated rings. The lowest BCUT2D eigenvalue weighted by molar-refractivity contribution is 0.669. The van der Waals surface area contributed by atoms with Gasteiger partial charge in [-0.25, -0.2) is 0 Å². The second-order valence-corrected chi connectivity index (χ2v) is 10.5. The molecule has 0 aliphatic heterocycles. The molecule has 5 rings (SSSR count). The highest BCUT2D eigenvalue weighted by Gasteiger charge is 2.38. The molecule has 0 unspecified atom stereocenters. The molecular weight excluding hydrogens is 356 g/mol. The number of rotatable bonds is 3. The van der Waals surface area contributed by atoms with Gasteiger partial charge in [0.25, 0.3) is 0 Å². The lowest BCUT2D eigenvalue weighted by atomic mass is 10.1. The minimum absolute atomic E-state index is 0.894. The summed E-state index contributed by atoms with van der Waals surface area (Å²) in [5.74, 6) is 0. The molecule has 1 aromatic heterocycles. The largest absolute Gasteiger partial charge is 0.456 e. The Morgan fingerprint density at radius 2 is 1.14 bits per heavy atom. The third-order valence-electron chi connectivity index (χ3n) is 5.44. The van der Waals surface area contributed by atoms with Crippen molar-refractivity contribution in [3.8, 4) is 12.0 Å². The van der Waals surface area contributed by atoms with Crippen molar-refractivity contribution < 1.29 is 4.42 Å². The third kappa shape index (κ3) is 2.41. The van der Waals surface area contributed by atoms with Crippen molar-refractivity contribution in [3.63, 3.8) is 0 Å². The van der Waals surface area contributed by atoms with E-state index < -0.39 is 8.07 Å². The quantitative estimate of drug-likeness (QED) is 0.262. The van der Waals surface area contributed by atoms with Crippen molar-refractivity contribution in [2.24, 2.45) is 0 Å². The maximum absolute atomic E-state index is 6.32. The molecule has 0 radical (unpaired) electrons. The topological polar surface area (TPSA) is 13.1 Å². The Kier molecular flexibility index (Phi) is 3.89. The molecule has 0 spiro atoms. The van der Waals surface area contributed by atoms with Crippen LogP contribution in [0.1, 0.15) is 0 Å². The summed E-state index contributed by atoms with van der Waals surface area (Å²) in [7, 11) is -2.59. The van der Waals surface area contributed by atoms with Gasteiger partial charge in [0.15, 0.2) is 0 Å². The highest BCUT2D eigenvalue weighted by atomic mass is 28.3. The molecular formula is C26H18OSi. The van der Waals surface area contributed by atoms with Gasteiger partial charge in [0.05, 0.1) is 0 Å². The average Bonchev–Trinajstić information content (AvgIpc) is 3.14. The summed E-state index contributed by atoms with van der Waals surface area (Å²) in [6, 6.07) is 35.6. The van der Waals surface area contributed by atoms with E-state index in [9.17, 15) is 0 Å². The first-order chi connectivity index (χ1) is 13.8. The van der Waals surface area contributed by atoms with Gasteiger partial charge in [-0.3, -0.25) is 0 Å². The molecule has 28 heavy (non-hydrogen) atoms. The molecule has 0 N–H and O–H groups in total. The zero-order valence-electron chi connectivity index (χ0n) is 15.3. The minimum atomic E-state index is -2.59. The highest BCUT2D eigenvalue weighted by Crippen LogP contribution is 2.28. The van der Waals surface area contributed by atoms with E-state index in [1.54, 1.807) is 0 Å². The van der Waals surface area contributed by atoms with Crippen molar-refractivity contribution in [1.82, 2.24) is 0 Å². The van der Waals surface area contributed by atoms with Gasteiger partial charge < -0.3 is 4.42 Å². The van der Waals surface area contributed by atoms with Gasteiger partial charge in [-0.05, 0) is 33.8 Å². The number of hydrogen-bond acceptors (Lipinski definition) is 1. The maximum atomic E-state index is 6.32. The molecule has 0 bridgehead atoms. The first-order valence-electron chi connectivity index (χ1n) is 9.33. The molecule has 0 atom stereocenters. The van der Waals surface area contributed by atoms with Crippen LogP contribution in [0.2, 0.25) is 0 Å². The Hall–Kier alpha value is -3.54. The van der Waals surface area contributed by atoms with Crippen LogP contribution in [0.15, 0.2) is 108 Å². The SMILES string of the molecule is C#C[Si](c1ccccc1)(c1ccccc1)c1ccc2oc3ccccc3c2c1. The molecule has 2 heteroatoms. The predicted molar refractivity (Wildman–Crippen MR) is 120 cm³/mol. The standard InChI is InChI=1S/C26H18OSi/c1-2-28(20-11-5-3-6-12-20,21-13-7-4-8-14-21)22-17-18-26-24(19-22)23-15-9-10-16-25(23)27-26/h1,3-19H. The number of para-hydroxylation sites is 1. The van der Waals surface area contributed by atoms with Crippen LogP contribution >= 0.6 is 0 Å². The number of benzene rings is 4. The van der Waals surface area contributed by atoms with Gasteiger partial charge in [-0.15, -0.1) is 12.0 Å². The van der Waals surface area contributed by atoms with E-state index in [4.69, 9.17) is 10.8 Å². The highest BCUT2D eigenvalue weighted by molar-refractivity contribution is 7.16. The van der Waals surface area contributed by atoms with Crippen LogP contribution in [0.4, 0.5) is 0 Å². The Bertz CT molecular complexity index is 1270. The van der Waals surface area contributed by atoms with E-state index in [-0.39, 0.29) is 0 Å². The fraction of sp³-hybridized carbons (Fsp3) is 0. The molecule has 0 amide bonds. The second-order valence-electron chi connectivity index (χ2n) is 6.94. The summed E-state index contributed by atoms with van der Waals surface area (Å²) in [5.41, 5.74) is 5.08. The lowest BCUT2D eigenvalue weighted by Crippen LogP contribution is -2.66. The molecule has 0 aliphatic rings. The number of furan rings is 1. The van der Waals surface area contributed by atoms with Crippen molar-refractivity contribution >= 4 is 45.6 Å². The van der Waals surface area contributed by atoms with Crippen LogP contribution in [-0.2, 0) is 0 Å². The molecule has 0 aliphatic carbocycles. The van der Waals surface area contributed by atoms with Gasteiger partial charge in [0.2, 0.25) is 8.07 Å². The van der Waals surface area contributed by atoms with Gasteiger partial charge in [-0.1, -0.05) is 84.9 Å². The molecule has 1 nitrogen and oxygen atoms in total. The van der Waals surface area contributed by atoms with Crippen molar-refractivity contribution in [1.29, 1.82) is 0 Å². The monoisotopic (exact) mass is 374 g/mol. The van der Waals surface area contributed by atoms with Gasteiger partial charge in [0, 0.05) is 10.8 Å². The predicted octanol–water partition coefficient (Wildman–Crippen LogP) is 4.23. The smallest absolute Gasteiger partial charge is 0.229 e. The minimum Gasteiger partial charge on any atom is -0.456 e. The van der Waals surface area contributed by atoms with E-state index in [0.29, 0.717) is 0 Å². The van der Waals surface area contributed by atoms with E-state index >= 15 is 0 Å². The van der Waals surface area contributed by atoms with E-state index in [1.807, 2.05) is 30.3 Å². The maximum Gasteiger partial charge on any atom is 0.229 e. The summed E-state index contributed by atoms with van der Waals surface area (Å²) in [5, 5.41) is 5.88. The fourth-order valence-corrected chi connectivity index (χ4v) is 7.66. The summed E-state index contributed by atoms with van der Waals surface area (Å²) >= 11 is 0. The second kappa shape index (κ2) is 6.56. The molecule has 132 valence electrons. The van der Waals surface area contributed by atoms with Crippen LogP contribution in [-0.4, -0.2) is 8.07 Å². The van der Waals surface area contributed by atoms with Crippen LogP contribution < -0.4 is 15.6 Å². The summed E-state index contributed by atoms with van der Waals surface area (Å²) < 4.78 is 6.03. The van der Waals surface area contributed by atoms with E-state index in [0.717, 1.165) is 21.9 Å². The Morgan fingerprint density at radius 1 is 0.571 bits per heavy atom. The molecule has 1 heterocycles. The fourth-order valence-electron chi connectivity index (χ4n) is 4.09. The van der Waals surface area contributed by atoms with E-state index in [1.165, 1.54) is 15.6 Å². The molecule has 0 saturated carbocycles. The summed E-state index contributed by atoms with van der Waals surface area (Å²) in [6.45, 7) is 0. The van der Waals surface area contributed by atoms with Crippen LogP contribution in [0.25, 0.3) is 21.9 Å². The average molecular weight is 375 g/mol. The summed E-state index contributed by atoms with van der Waals surface area (Å²) in [6.07, 6.45) is 6.32. The van der Waals surface area contributed by atoms with Gasteiger partial charge >= 0.3 is 0 Å². The van der Waals surface area contributed by atoms with E-state index in [2.05, 4.69) is 78.3 Å². The first kappa shape index (κ1) is 16.6. The van der Waals surface area contributed by atoms with Crippen molar-refractivity contribution in [3.05, 3.63) is 103 Å². The van der Waals surface area contributed by atoms with Gasteiger partial charge in [0.1, 0.15) is 11.2 Å². The Morgan fingerprint density at radius 3 is 1.79 bits per heavy atom. The van der Waals surface area contributed by atoms with Crippen LogP contribution in [0, 0.1) is 12.0 Å². The van der Waals surface area contributed by atoms with Crippen LogP contribution in [0.5, 0.6) is 0 Å². The zero-order chi connectivity index (χ0) is 19.0. The van der Waals surface area contributed by atoms with Crippen molar-refractivity contribution in [2.45, 2.75) is 0 Å². The van der Waals surface area contributed by atoms with Gasteiger partial charge in [-0.2, -0.15) is 0 Å². The molecule has 5 aromatic rings. The Balaban J connectivity index is 1.85. The zero-order valence-corrected chi connectivity index (χ0v) is 16.3. The molecule has 4 aromatic carbocycles. The number of terminal acetylenes is 1. The lowest BCUT2D eigenvalue weighted by Gasteiger charge is -2.28. The summed E-state index contributed by atoms with van der Waals surface area (Å²) in [4.78, 5) is 0. The van der Waals surface area contributed by atoms with Crippen LogP contribution in [0.3, 0.4) is 0 Å². The molecule has 0 saturated heterocycles. The van der Waals surface area contributed by atoms with Crippen molar-refractivity contribution in [2.75, 3.05) is 0 Å². The first-order valence-corrected chi connectivity index (χ1v) is 11.3. The third-order valence-corrected chi connectivity index (χ3v) is 9.45. The number of hydrogen-bond donors (Lipinski definition) is 0. The number of fused-ring (bicyclic) bond motifs is 3.